The Bertz CT molecular complexity index is 717. The number of thiocarbonyl (C=S) groups is 1. The van der Waals surface area contributed by atoms with E-state index >= 15 is 0 Å². The first-order valence-corrected chi connectivity index (χ1v) is 7.23. The molecule has 1 aliphatic heterocycles. The van der Waals surface area contributed by atoms with Crippen LogP contribution in [-0.4, -0.2) is 12.0 Å². The van der Waals surface area contributed by atoms with Gasteiger partial charge in [0.25, 0.3) is 0 Å². The summed E-state index contributed by atoms with van der Waals surface area (Å²) in [7, 11) is 2.05. The first kappa shape index (κ1) is 13.6. The van der Waals surface area contributed by atoms with E-state index in [-0.39, 0.29) is 0 Å². The minimum absolute atomic E-state index is 0.701. The molecule has 1 N–H and O–H groups in total. The molecular formula is C18H16N2S. The summed E-state index contributed by atoms with van der Waals surface area (Å²) in [5, 5.41) is 3.23. The number of para-hydroxylation sites is 2. The molecule has 3 rings (SSSR count). The second kappa shape index (κ2) is 5.94. The van der Waals surface area contributed by atoms with Crippen LogP contribution in [0, 0.1) is 0 Å². The molecule has 0 radical (unpaired) electrons. The number of nitrogens with one attached hydrogen (secondary N) is 1. The molecule has 0 bridgehead atoms. The van der Waals surface area contributed by atoms with Gasteiger partial charge in [0.2, 0.25) is 0 Å². The van der Waals surface area contributed by atoms with Gasteiger partial charge in [0.1, 0.15) is 4.99 Å². The van der Waals surface area contributed by atoms with E-state index in [4.69, 9.17) is 12.2 Å². The maximum atomic E-state index is 5.42. The van der Waals surface area contributed by atoms with Crippen molar-refractivity contribution in [3.63, 3.8) is 0 Å². The summed E-state index contributed by atoms with van der Waals surface area (Å²) in [6, 6.07) is 18.3. The highest BCUT2D eigenvalue weighted by molar-refractivity contribution is 7.81. The number of hydrogen-bond donors (Lipinski definition) is 1. The van der Waals surface area contributed by atoms with Crippen LogP contribution >= 0.6 is 12.2 Å². The van der Waals surface area contributed by atoms with Gasteiger partial charge < -0.3 is 10.2 Å². The first-order valence-electron chi connectivity index (χ1n) is 6.82. The molecule has 1 heterocycles. The smallest absolute Gasteiger partial charge is 0.105 e. The molecule has 2 aromatic rings. The van der Waals surface area contributed by atoms with Gasteiger partial charge in [-0.1, -0.05) is 54.7 Å². The molecule has 0 aromatic heterocycles. The Morgan fingerprint density at radius 3 is 2.52 bits per heavy atom. The van der Waals surface area contributed by atoms with E-state index in [2.05, 4.69) is 41.5 Å². The van der Waals surface area contributed by atoms with Crippen LogP contribution in [0.2, 0.25) is 0 Å². The summed E-state index contributed by atoms with van der Waals surface area (Å²) in [6.45, 7) is 0. The van der Waals surface area contributed by atoms with Crippen molar-refractivity contribution in [3.8, 4) is 0 Å². The lowest BCUT2D eigenvalue weighted by Crippen LogP contribution is -2.20. The Balaban J connectivity index is 1.80. The minimum Gasteiger partial charge on any atom is -0.347 e. The second-order valence-corrected chi connectivity index (χ2v) is 5.32. The third-order valence-electron chi connectivity index (χ3n) is 3.44. The average molecular weight is 292 g/mol. The van der Waals surface area contributed by atoms with Crippen molar-refractivity contribution < 1.29 is 0 Å². The Kier molecular flexibility index (Phi) is 3.84. The monoisotopic (exact) mass is 292 g/mol. The van der Waals surface area contributed by atoms with Crippen molar-refractivity contribution in [1.82, 2.24) is 0 Å². The zero-order chi connectivity index (χ0) is 14.7. The van der Waals surface area contributed by atoms with Gasteiger partial charge in [0, 0.05) is 24.1 Å². The zero-order valence-electron chi connectivity index (χ0n) is 11.8. The molecule has 0 unspecified atom stereocenters. The number of benzene rings is 2. The predicted octanol–water partition coefficient (Wildman–Crippen LogP) is 4.47. The van der Waals surface area contributed by atoms with Crippen molar-refractivity contribution in [2.45, 2.75) is 0 Å². The maximum absolute atomic E-state index is 5.42. The van der Waals surface area contributed by atoms with E-state index in [0.29, 0.717) is 4.99 Å². The Morgan fingerprint density at radius 2 is 1.71 bits per heavy atom. The van der Waals surface area contributed by atoms with Crippen molar-refractivity contribution in [3.05, 3.63) is 78.0 Å². The summed E-state index contributed by atoms with van der Waals surface area (Å²) in [4.78, 5) is 2.85. The van der Waals surface area contributed by atoms with Crippen LogP contribution in [-0.2, 0) is 0 Å². The van der Waals surface area contributed by atoms with Crippen LogP contribution < -0.4 is 10.2 Å². The molecule has 2 aromatic carbocycles. The van der Waals surface area contributed by atoms with Crippen LogP contribution in [0.5, 0.6) is 0 Å². The molecule has 0 spiro atoms. The van der Waals surface area contributed by atoms with Gasteiger partial charge in [-0.05, 0) is 35.9 Å². The highest BCUT2D eigenvalue weighted by Gasteiger charge is 2.13. The summed E-state index contributed by atoms with van der Waals surface area (Å²) in [5.41, 5.74) is 4.48. The molecule has 2 nitrogen and oxygen atoms in total. The van der Waals surface area contributed by atoms with Gasteiger partial charge >= 0.3 is 0 Å². The minimum atomic E-state index is 0.701. The van der Waals surface area contributed by atoms with Crippen molar-refractivity contribution >= 4 is 34.7 Å². The summed E-state index contributed by atoms with van der Waals surface area (Å²) >= 11 is 5.42. The molecule has 1 aliphatic rings. The van der Waals surface area contributed by atoms with Crippen LogP contribution in [0.1, 0.15) is 5.56 Å². The molecule has 0 atom stereocenters. The van der Waals surface area contributed by atoms with Crippen LogP contribution in [0.25, 0.3) is 6.08 Å². The molecule has 0 saturated heterocycles. The Labute approximate surface area is 130 Å². The lowest BCUT2D eigenvalue weighted by atomic mass is 10.1. The predicted molar refractivity (Wildman–Crippen MR) is 94.6 cm³/mol. The number of allylic oxidation sites excluding steroid dienone is 1. The fraction of sp³-hybridized carbons (Fsp3) is 0.0556. The lowest BCUT2D eigenvalue weighted by Gasteiger charge is -2.26. The number of rotatable bonds is 2. The fourth-order valence-electron chi connectivity index (χ4n) is 2.34. The van der Waals surface area contributed by atoms with E-state index in [1.54, 1.807) is 0 Å². The maximum Gasteiger partial charge on any atom is 0.105 e. The SMILES string of the molecule is CN1C(=CC(=S)Nc2ccccc2)C=Cc2ccccc21. The topological polar surface area (TPSA) is 15.3 Å². The Hall–Kier alpha value is -2.39. The van der Waals surface area contributed by atoms with Crippen molar-refractivity contribution in [2.75, 3.05) is 17.3 Å². The third kappa shape index (κ3) is 3.03. The van der Waals surface area contributed by atoms with Crippen LogP contribution in [0.3, 0.4) is 0 Å². The van der Waals surface area contributed by atoms with Gasteiger partial charge in [-0.15, -0.1) is 0 Å². The largest absolute Gasteiger partial charge is 0.347 e. The number of fused-ring (bicyclic) bond motifs is 1. The molecule has 21 heavy (non-hydrogen) atoms. The number of anilines is 2. The lowest BCUT2D eigenvalue weighted by molar-refractivity contribution is 1.13. The van der Waals surface area contributed by atoms with E-state index in [9.17, 15) is 0 Å². The molecule has 104 valence electrons. The number of likely N-dealkylation sites (N-methyl/N-ethyl adjacent to an activating group) is 1. The van der Waals surface area contributed by atoms with Crippen LogP contribution in [0.4, 0.5) is 11.4 Å². The van der Waals surface area contributed by atoms with Gasteiger partial charge in [-0.25, -0.2) is 0 Å². The fourth-order valence-corrected chi connectivity index (χ4v) is 2.58. The summed E-state index contributed by atoms with van der Waals surface area (Å²) in [6.07, 6.45) is 6.18. The molecule has 0 aliphatic carbocycles. The van der Waals surface area contributed by atoms with Gasteiger partial charge in [-0.2, -0.15) is 0 Å². The molecule has 0 fully saturated rings. The number of nitrogens with zero attached hydrogens (tertiary/aromatic N) is 1. The summed E-state index contributed by atoms with van der Waals surface area (Å²) < 4.78 is 0. The standard InChI is InChI=1S/C18H16N2S/c1-20-16(12-11-14-7-5-6-10-17(14)20)13-18(21)19-15-8-3-2-4-9-15/h2-13H,1H3,(H,19,21). The Morgan fingerprint density at radius 1 is 1.00 bits per heavy atom. The normalized spacial score (nSPS) is 14.9. The van der Waals surface area contributed by atoms with Gasteiger partial charge in [0.05, 0.1) is 0 Å². The highest BCUT2D eigenvalue weighted by atomic mass is 32.1. The van der Waals surface area contributed by atoms with E-state index in [1.165, 1.54) is 11.3 Å². The van der Waals surface area contributed by atoms with E-state index < -0.39 is 0 Å². The van der Waals surface area contributed by atoms with E-state index in [1.807, 2.05) is 48.5 Å². The molecular weight excluding hydrogens is 276 g/mol. The summed E-state index contributed by atoms with van der Waals surface area (Å²) in [5.74, 6) is 0. The van der Waals surface area contributed by atoms with Crippen molar-refractivity contribution in [1.29, 1.82) is 0 Å². The van der Waals surface area contributed by atoms with Gasteiger partial charge in [-0.3, -0.25) is 0 Å². The average Bonchev–Trinajstić information content (AvgIpc) is 2.51. The van der Waals surface area contributed by atoms with Gasteiger partial charge in [0.15, 0.2) is 0 Å². The van der Waals surface area contributed by atoms with Crippen LogP contribution in [0.15, 0.2) is 72.4 Å². The zero-order valence-corrected chi connectivity index (χ0v) is 12.6. The molecule has 0 amide bonds. The molecule has 3 heteroatoms. The number of hydrogen-bond acceptors (Lipinski definition) is 2. The first-order chi connectivity index (χ1) is 10.2. The van der Waals surface area contributed by atoms with Crippen molar-refractivity contribution in [2.24, 2.45) is 0 Å². The van der Waals surface area contributed by atoms with E-state index in [0.717, 1.165) is 11.4 Å². The quantitative estimate of drug-likeness (QED) is 0.649. The third-order valence-corrected chi connectivity index (χ3v) is 3.66. The second-order valence-electron chi connectivity index (χ2n) is 4.88. The highest BCUT2D eigenvalue weighted by Crippen LogP contribution is 2.29. The molecule has 0 saturated carbocycles.